The van der Waals surface area contributed by atoms with Crippen LogP contribution in [0.5, 0.6) is 5.75 Å². The molecule has 2 aromatic heterocycles. The van der Waals surface area contributed by atoms with E-state index in [2.05, 4.69) is 15.1 Å². The fraction of sp³-hybridized carbons (Fsp3) is 0. The summed E-state index contributed by atoms with van der Waals surface area (Å²) >= 11 is 0. The highest BCUT2D eigenvalue weighted by atomic mass is 16.5. The Morgan fingerprint density at radius 2 is 1.85 bits per heavy atom. The zero-order valence-electron chi connectivity index (χ0n) is 10.3. The number of hydrogen-bond acceptors (Lipinski definition) is 5. The third-order valence-electron chi connectivity index (χ3n) is 3.22. The molecule has 0 saturated heterocycles. The van der Waals surface area contributed by atoms with Gasteiger partial charge in [0, 0.05) is 11.6 Å². The largest absolute Gasteiger partial charge is 0.507 e. The lowest BCUT2D eigenvalue weighted by atomic mass is 10.1. The molecule has 0 unspecified atom stereocenters. The average molecular weight is 263 g/mol. The first-order valence-electron chi connectivity index (χ1n) is 6.11. The summed E-state index contributed by atoms with van der Waals surface area (Å²) in [6.07, 6.45) is 1.43. The topological polar surface area (TPSA) is 72.0 Å². The van der Waals surface area contributed by atoms with E-state index in [1.807, 2.05) is 30.3 Å². The van der Waals surface area contributed by atoms with Crippen molar-refractivity contribution in [3.63, 3.8) is 0 Å². The lowest BCUT2D eigenvalue weighted by Crippen LogP contribution is -1.86. The van der Waals surface area contributed by atoms with Crippen molar-refractivity contribution in [2.75, 3.05) is 0 Å². The van der Waals surface area contributed by atoms with Crippen LogP contribution in [0.25, 0.3) is 33.3 Å². The van der Waals surface area contributed by atoms with E-state index >= 15 is 0 Å². The highest BCUT2D eigenvalue weighted by Gasteiger charge is 2.13. The van der Waals surface area contributed by atoms with Gasteiger partial charge >= 0.3 is 0 Å². The molecule has 0 spiro atoms. The Morgan fingerprint density at radius 3 is 2.70 bits per heavy atom. The summed E-state index contributed by atoms with van der Waals surface area (Å²) in [6, 6.07) is 13.0. The molecule has 0 amide bonds. The second-order valence-corrected chi connectivity index (χ2v) is 4.46. The van der Waals surface area contributed by atoms with Gasteiger partial charge in [0.25, 0.3) is 0 Å². The standard InChI is InChI=1S/C15H9N3O2/c19-13-7-12-14(17-8-16-12)15-10(13)6-11(18-20-15)9-4-2-1-3-5-9/h1-8,19H. The van der Waals surface area contributed by atoms with Crippen LogP contribution in [0.15, 0.2) is 53.3 Å². The number of benzene rings is 2. The van der Waals surface area contributed by atoms with E-state index in [-0.39, 0.29) is 5.75 Å². The maximum atomic E-state index is 10.1. The van der Waals surface area contributed by atoms with Crippen molar-refractivity contribution in [2.24, 2.45) is 0 Å². The molecule has 96 valence electrons. The third kappa shape index (κ3) is 1.53. The van der Waals surface area contributed by atoms with Crippen molar-refractivity contribution >= 4 is 22.0 Å². The minimum Gasteiger partial charge on any atom is -0.507 e. The molecule has 20 heavy (non-hydrogen) atoms. The lowest BCUT2D eigenvalue weighted by molar-refractivity contribution is 0.443. The predicted octanol–water partition coefficient (Wildman–Crippen LogP) is 3.14. The zero-order chi connectivity index (χ0) is 13.5. The summed E-state index contributed by atoms with van der Waals surface area (Å²) in [4.78, 5) is 8.19. The minimum absolute atomic E-state index is 0.108. The Bertz CT molecular complexity index is 916. The van der Waals surface area contributed by atoms with Crippen LogP contribution in [0.4, 0.5) is 0 Å². The van der Waals surface area contributed by atoms with Gasteiger partial charge < -0.3 is 9.63 Å². The van der Waals surface area contributed by atoms with Crippen LogP contribution < -0.4 is 0 Å². The highest BCUT2D eigenvalue weighted by molar-refractivity contribution is 6.04. The maximum Gasteiger partial charge on any atom is 0.196 e. The van der Waals surface area contributed by atoms with Crippen molar-refractivity contribution in [1.82, 2.24) is 15.1 Å². The average Bonchev–Trinajstić information content (AvgIpc) is 2.96. The summed E-state index contributed by atoms with van der Waals surface area (Å²) in [5, 5.41) is 14.8. The molecule has 5 heteroatoms. The van der Waals surface area contributed by atoms with Crippen LogP contribution >= 0.6 is 0 Å². The summed E-state index contributed by atoms with van der Waals surface area (Å²) < 4.78 is 5.44. The van der Waals surface area contributed by atoms with E-state index in [4.69, 9.17) is 4.52 Å². The SMILES string of the molecule is Oc1cc2ncnc2c2onc(-c3ccccc3)cc12. The molecule has 2 heterocycles. The molecule has 2 aromatic carbocycles. The minimum atomic E-state index is 0.108. The Hall–Kier alpha value is -2.95. The normalized spacial score (nSPS) is 11.2. The lowest BCUT2D eigenvalue weighted by Gasteiger charge is -2.03. The molecular formula is C15H9N3O2. The fourth-order valence-corrected chi connectivity index (χ4v) is 2.24. The predicted molar refractivity (Wildman–Crippen MR) is 74.2 cm³/mol. The molecule has 1 N–H and O–H groups in total. The smallest absolute Gasteiger partial charge is 0.196 e. The number of rotatable bonds is 1. The molecule has 0 fully saturated rings. The first-order valence-corrected chi connectivity index (χ1v) is 6.11. The van der Waals surface area contributed by atoms with Crippen molar-refractivity contribution < 1.29 is 9.63 Å². The van der Waals surface area contributed by atoms with Gasteiger partial charge in [-0.25, -0.2) is 9.97 Å². The number of hydrogen-bond donors (Lipinski definition) is 1. The quantitative estimate of drug-likeness (QED) is 0.571. The van der Waals surface area contributed by atoms with Gasteiger partial charge in [-0.15, -0.1) is 0 Å². The molecule has 5 nitrogen and oxygen atoms in total. The molecule has 0 bridgehead atoms. The molecule has 0 atom stereocenters. The van der Waals surface area contributed by atoms with Crippen LogP contribution in [0.2, 0.25) is 0 Å². The number of phenolic OH excluding ortho intramolecular Hbond substituents is 1. The summed E-state index contributed by atoms with van der Waals surface area (Å²) in [5.74, 6) is 0.108. The Labute approximate surface area is 113 Å². The van der Waals surface area contributed by atoms with Crippen molar-refractivity contribution in [2.45, 2.75) is 0 Å². The molecule has 0 saturated carbocycles. The van der Waals surface area contributed by atoms with E-state index in [0.29, 0.717) is 27.7 Å². The van der Waals surface area contributed by atoms with Gasteiger partial charge in [0.1, 0.15) is 23.3 Å². The molecule has 4 aromatic rings. The highest BCUT2D eigenvalue weighted by Crippen LogP contribution is 2.32. The van der Waals surface area contributed by atoms with Crippen LogP contribution in [0, 0.1) is 0 Å². The van der Waals surface area contributed by atoms with Crippen LogP contribution in [-0.2, 0) is 0 Å². The number of fused-ring (bicyclic) bond motifs is 3. The molecule has 0 aliphatic carbocycles. The molecule has 0 aliphatic rings. The van der Waals surface area contributed by atoms with E-state index in [9.17, 15) is 5.11 Å². The number of phenols is 1. The second kappa shape index (κ2) is 4.03. The first kappa shape index (κ1) is 10.9. The summed E-state index contributed by atoms with van der Waals surface area (Å²) in [7, 11) is 0. The molecule has 0 radical (unpaired) electrons. The van der Waals surface area contributed by atoms with Gasteiger partial charge in [0.15, 0.2) is 5.58 Å². The van der Waals surface area contributed by atoms with Gasteiger partial charge in [-0.3, -0.25) is 0 Å². The Balaban J connectivity index is 2.04. The van der Waals surface area contributed by atoms with Gasteiger partial charge in [0.05, 0.1) is 10.9 Å². The molecule has 0 aliphatic heterocycles. The summed E-state index contributed by atoms with van der Waals surface area (Å²) in [6.45, 7) is 0. The number of nitrogens with zero attached hydrogens (tertiary/aromatic N) is 3. The zero-order valence-corrected chi connectivity index (χ0v) is 10.3. The number of imidazole rings is 1. The summed E-state index contributed by atoms with van der Waals surface area (Å²) in [5.41, 5.74) is 3.22. The first-order chi connectivity index (χ1) is 9.83. The van der Waals surface area contributed by atoms with E-state index in [1.54, 1.807) is 12.1 Å². The van der Waals surface area contributed by atoms with Crippen molar-refractivity contribution in [3.05, 3.63) is 48.8 Å². The fourth-order valence-electron chi connectivity index (χ4n) is 2.24. The number of aromatic nitrogens is 3. The second-order valence-electron chi connectivity index (χ2n) is 4.46. The monoisotopic (exact) mass is 263 g/mol. The maximum absolute atomic E-state index is 10.1. The van der Waals surface area contributed by atoms with Gasteiger partial charge in [0.2, 0.25) is 0 Å². The Kier molecular flexibility index (Phi) is 2.20. The molecule has 4 rings (SSSR count). The van der Waals surface area contributed by atoms with E-state index < -0.39 is 0 Å². The van der Waals surface area contributed by atoms with Crippen molar-refractivity contribution in [3.8, 4) is 17.0 Å². The van der Waals surface area contributed by atoms with Gasteiger partial charge in [-0.2, -0.15) is 0 Å². The van der Waals surface area contributed by atoms with E-state index in [1.165, 1.54) is 6.33 Å². The van der Waals surface area contributed by atoms with Gasteiger partial charge in [-0.1, -0.05) is 35.5 Å². The van der Waals surface area contributed by atoms with Crippen LogP contribution in [0.3, 0.4) is 0 Å². The van der Waals surface area contributed by atoms with E-state index in [0.717, 1.165) is 5.56 Å². The van der Waals surface area contributed by atoms with Crippen LogP contribution in [-0.4, -0.2) is 20.2 Å². The third-order valence-corrected chi connectivity index (χ3v) is 3.22. The van der Waals surface area contributed by atoms with Gasteiger partial charge in [-0.05, 0) is 6.07 Å². The number of aromatic hydroxyl groups is 1. The molecular weight excluding hydrogens is 254 g/mol. The Morgan fingerprint density at radius 1 is 1.00 bits per heavy atom. The van der Waals surface area contributed by atoms with Crippen molar-refractivity contribution in [1.29, 1.82) is 0 Å². The van der Waals surface area contributed by atoms with Crippen LogP contribution in [0.1, 0.15) is 0 Å².